The van der Waals surface area contributed by atoms with Crippen LogP contribution in [0.5, 0.6) is 0 Å². The topological polar surface area (TPSA) is 49.4 Å². The van der Waals surface area contributed by atoms with Gasteiger partial charge in [0.05, 0.1) is 5.25 Å². The summed E-state index contributed by atoms with van der Waals surface area (Å²) in [6.45, 7) is 1.80. The van der Waals surface area contributed by atoms with Gasteiger partial charge in [0, 0.05) is 27.0 Å². The van der Waals surface area contributed by atoms with Crippen LogP contribution in [0.3, 0.4) is 0 Å². The molecule has 0 aromatic heterocycles. The van der Waals surface area contributed by atoms with Gasteiger partial charge in [-0.25, -0.2) is 0 Å². The minimum atomic E-state index is -1.14. The van der Waals surface area contributed by atoms with E-state index < -0.39 is 4.87 Å². The molecule has 1 N–H and O–H groups in total. The van der Waals surface area contributed by atoms with E-state index in [2.05, 4.69) is 5.32 Å². The van der Waals surface area contributed by atoms with Crippen molar-refractivity contribution in [3.8, 4) is 0 Å². The fourth-order valence-corrected chi connectivity index (χ4v) is 5.23. The summed E-state index contributed by atoms with van der Waals surface area (Å²) < 4.78 is 0. The molecular weight excluding hydrogens is 367 g/mol. The van der Waals surface area contributed by atoms with E-state index in [9.17, 15) is 9.59 Å². The number of amides is 2. The number of fused-ring (bicyclic) bond motifs is 2. The van der Waals surface area contributed by atoms with Gasteiger partial charge in [0.1, 0.15) is 0 Å². The summed E-state index contributed by atoms with van der Waals surface area (Å²) in [4.78, 5) is 26.2. The van der Waals surface area contributed by atoms with Crippen molar-refractivity contribution in [2.24, 2.45) is 0 Å². The van der Waals surface area contributed by atoms with Gasteiger partial charge in [0.25, 0.3) is 5.91 Å². The molecule has 2 aliphatic heterocycles. The molecule has 0 aliphatic carbocycles. The first-order chi connectivity index (χ1) is 11.4. The minimum absolute atomic E-state index is 0.148. The molecule has 1 fully saturated rings. The van der Waals surface area contributed by atoms with E-state index in [1.807, 2.05) is 24.3 Å². The SMILES string of the molecule is C[C@H]1S[C@@]2(C(=O)Nc3ccccc32)N(c2cc(Cl)cc(Cl)c2)C1=O. The Morgan fingerprint density at radius 1 is 1.12 bits per heavy atom. The lowest BCUT2D eigenvalue weighted by Gasteiger charge is -2.32. The third kappa shape index (κ3) is 2.08. The fourth-order valence-electron chi connectivity index (χ4n) is 3.23. The Bertz CT molecular complexity index is 868. The van der Waals surface area contributed by atoms with E-state index in [1.54, 1.807) is 25.1 Å². The summed E-state index contributed by atoms with van der Waals surface area (Å²) in [7, 11) is 0. The molecule has 2 aromatic carbocycles. The van der Waals surface area contributed by atoms with Crippen molar-refractivity contribution in [3.05, 3.63) is 58.1 Å². The highest BCUT2D eigenvalue weighted by atomic mass is 35.5. The highest BCUT2D eigenvalue weighted by Gasteiger charge is 2.60. The van der Waals surface area contributed by atoms with Gasteiger partial charge >= 0.3 is 0 Å². The van der Waals surface area contributed by atoms with Crippen LogP contribution in [-0.2, 0) is 14.5 Å². The molecule has 7 heteroatoms. The molecule has 0 bridgehead atoms. The van der Waals surface area contributed by atoms with Gasteiger partial charge in [-0.1, -0.05) is 41.4 Å². The van der Waals surface area contributed by atoms with Crippen LogP contribution in [0.1, 0.15) is 12.5 Å². The molecule has 2 aromatic rings. The van der Waals surface area contributed by atoms with E-state index >= 15 is 0 Å². The smallest absolute Gasteiger partial charge is 0.266 e. The lowest BCUT2D eigenvalue weighted by atomic mass is 10.0. The third-order valence-electron chi connectivity index (χ3n) is 4.18. The van der Waals surface area contributed by atoms with E-state index in [1.165, 1.54) is 16.7 Å². The zero-order chi connectivity index (χ0) is 17.1. The summed E-state index contributed by atoms with van der Waals surface area (Å²) >= 11 is 13.6. The predicted octanol–water partition coefficient (Wildman–Crippen LogP) is 4.27. The van der Waals surface area contributed by atoms with Crippen LogP contribution in [-0.4, -0.2) is 17.1 Å². The number of carbonyl (C=O) groups is 2. The second kappa shape index (κ2) is 5.41. The van der Waals surface area contributed by atoms with E-state index in [4.69, 9.17) is 23.2 Å². The van der Waals surface area contributed by atoms with Gasteiger partial charge in [-0.3, -0.25) is 14.5 Å². The highest BCUT2D eigenvalue weighted by molar-refractivity contribution is 8.03. The first-order valence-corrected chi connectivity index (χ1v) is 8.96. The van der Waals surface area contributed by atoms with Crippen molar-refractivity contribution in [2.75, 3.05) is 10.2 Å². The van der Waals surface area contributed by atoms with Crippen molar-refractivity contribution >= 4 is 58.2 Å². The van der Waals surface area contributed by atoms with Crippen LogP contribution in [0, 0.1) is 0 Å². The quantitative estimate of drug-likeness (QED) is 0.805. The largest absolute Gasteiger partial charge is 0.323 e. The number of thioether (sulfide) groups is 1. The molecule has 2 atom stereocenters. The average molecular weight is 379 g/mol. The van der Waals surface area contributed by atoms with E-state index in [-0.39, 0.29) is 17.1 Å². The van der Waals surface area contributed by atoms with Gasteiger partial charge in [-0.2, -0.15) is 0 Å². The number of hydrogen-bond donors (Lipinski definition) is 1. The number of anilines is 2. The molecule has 0 saturated carbocycles. The first kappa shape index (κ1) is 15.8. The summed E-state index contributed by atoms with van der Waals surface area (Å²) in [5.74, 6) is -0.382. The molecule has 0 radical (unpaired) electrons. The summed E-state index contributed by atoms with van der Waals surface area (Å²) in [5, 5.41) is 3.35. The molecule has 2 heterocycles. The lowest BCUT2D eigenvalue weighted by Crippen LogP contribution is -2.47. The molecule has 122 valence electrons. The predicted molar refractivity (Wildman–Crippen MR) is 97.8 cm³/mol. The Labute approximate surface area is 153 Å². The first-order valence-electron chi connectivity index (χ1n) is 7.32. The Hall–Kier alpha value is -1.69. The Morgan fingerprint density at radius 3 is 2.50 bits per heavy atom. The van der Waals surface area contributed by atoms with Gasteiger partial charge in [0.2, 0.25) is 10.8 Å². The van der Waals surface area contributed by atoms with Crippen molar-refractivity contribution < 1.29 is 9.59 Å². The molecule has 1 saturated heterocycles. The molecule has 4 rings (SSSR count). The molecule has 2 aliphatic rings. The molecule has 2 amide bonds. The third-order valence-corrected chi connectivity index (χ3v) is 6.10. The van der Waals surface area contributed by atoms with Crippen LogP contribution in [0.25, 0.3) is 0 Å². The van der Waals surface area contributed by atoms with Crippen molar-refractivity contribution in [2.45, 2.75) is 17.0 Å². The van der Waals surface area contributed by atoms with Gasteiger partial charge in [-0.15, -0.1) is 11.8 Å². The monoisotopic (exact) mass is 378 g/mol. The molecule has 4 nitrogen and oxygen atoms in total. The van der Waals surface area contributed by atoms with Crippen LogP contribution in [0.4, 0.5) is 11.4 Å². The normalized spacial score (nSPS) is 25.3. The number of hydrogen-bond acceptors (Lipinski definition) is 3. The second-order valence-corrected chi connectivity index (χ2v) is 8.11. The van der Waals surface area contributed by atoms with Gasteiger partial charge < -0.3 is 5.32 Å². The summed E-state index contributed by atoms with van der Waals surface area (Å²) in [5.41, 5.74) is 2.00. The molecule has 1 spiro atoms. The number of nitrogens with one attached hydrogen (secondary N) is 1. The zero-order valence-electron chi connectivity index (χ0n) is 12.5. The summed E-state index contributed by atoms with van der Waals surface area (Å²) in [6, 6.07) is 12.3. The number of para-hydroxylation sites is 1. The van der Waals surface area contributed by atoms with Crippen LogP contribution in [0.15, 0.2) is 42.5 Å². The fraction of sp³-hybridized carbons (Fsp3) is 0.176. The number of benzene rings is 2. The Balaban J connectivity index is 1.97. The maximum Gasteiger partial charge on any atom is 0.266 e. The van der Waals surface area contributed by atoms with E-state index in [0.29, 0.717) is 15.7 Å². The highest BCUT2D eigenvalue weighted by Crippen LogP contribution is 2.56. The lowest BCUT2D eigenvalue weighted by molar-refractivity contribution is -0.122. The average Bonchev–Trinajstić information content (AvgIpc) is 2.94. The van der Waals surface area contributed by atoms with Crippen LogP contribution < -0.4 is 10.2 Å². The minimum Gasteiger partial charge on any atom is -0.323 e. The molecule has 0 unspecified atom stereocenters. The number of carbonyl (C=O) groups excluding carboxylic acids is 2. The standard InChI is InChI=1S/C17H12Cl2N2O2S/c1-9-15(22)21(12-7-10(18)6-11(19)8-12)17(24-9)13-4-2-3-5-14(13)20-16(17)23/h2-9H,1H3,(H,20,23)/t9-,17+/m1/s1. The van der Waals surface area contributed by atoms with Gasteiger partial charge in [0.15, 0.2) is 0 Å². The number of nitrogens with zero attached hydrogens (tertiary/aromatic N) is 1. The summed E-state index contributed by atoms with van der Waals surface area (Å²) in [6.07, 6.45) is 0. The van der Waals surface area contributed by atoms with Crippen molar-refractivity contribution in [3.63, 3.8) is 0 Å². The van der Waals surface area contributed by atoms with E-state index in [0.717, 1.165) is 11.3 Å². The van der Waals surface area contributed by atoms with Gasteiger partial charge in [-0.05, 0) is 31.2 Å². The second-order valence-electron chi connectivity index (χ2n) is 5.71. The van der Waals surface area contributed by atoms with Crippen LogP contribution >= 0.6 is 35.0 Å². The van der Waals surface area contributed by atoms with Crippen molar-refractivity contribution in [1.29, 1.82) is 0 Å². The Morgan fingerprint density at radius 2 is 1.79 bits per heavy atom. The van der Waals surface area contributed by atoms with Crippen LogP contribution in [0.2, 0.25) is 10.0 Å². The molecular formula is C17H12Cl2N2O2S. The number of rotatable bonds is 1. The Kier molecular flexibility index (Phi) is 3.56. The van der Waals surface area contributed by atoms with Crippen molar-refractivity contribution in [1.82, 2.24) is 0 Å². The number of halogens is 2. The maximum absolute atomic E-state index is 12.9. The maximum atomic E-state index is 12.9. The molecule has 24 heavy (non-hydrogen) atoms. The zero-order valence-corrected chi connectivity index (χ0v) is 14.9.